The molecule has 3 aromatic rings. The molecule has 3 rings (SSSR count). The normalized spacial score (nSPS) is 10.1. The molecule has 122 valence electrons. The van der Waals surface area contributed by atoms with Gasteiger partial charge in [-0.15, -0.1) is 0 Å². The molecule has 1 amide bonds. The van der Waals surface area contributed by atoms with Crippen molar-refractivity contribution in [3.8, 4) is 6.07 Å². The molecular weight excluding hydrogens is 328 g/mol. The van der Waals surface area contributed by atoms with Crippen molar-refractivity contribution in [2.75, 3.05) is 5.32 Å². The molecule has 0 radical (unpaired) electrons. The van der Waals surface area contributed by atoms with Crippen LogP contribution in [0.4, 0.5) is 5.69 Å². The predicted molar refractivity (Wildman–Crippen MR) is 101 cm³/mol. The molecule has 0 atom stereocenters. The second-order valence-corrected chi connectivity index (χ2v) is 6.61. The van der Waals surface area contributed by atoms with Crippen LogP contribution in [-0.2, 0) is 0 Å². The first-order valence-electron chi connectivity index (χ1n) is 7.81. The minimum absolute atomic E-state index is 0.164. The van der Waals surface area contributed by atoms with Gasteiger partial charge >= 0.3 is 0 Å². The maximum absolute atomic E-state index is 12.7. The average molecular weight is 344 g/mol. The molecule has 0 aliphatic rings. The van der Waals surface area contributed by atoms with Crippen molar-refractivity contribution >= 4 is 23.4 Å². The van der Waals surface area contributed by atoms with E-state index < -0.39 is 0 Å². The number of rotatable bonds is 4. The SMILES string of the molecule is Cc1cccc(NC(=O)c2ccccc2Sc2ccccc2C#N)c1. The minimum Gasteiger partial charge on any atom is -0.322 e. The van der Waals surface area contributed by atoms with Crippen LogP contribution in [0.5, 0.6) is 0 Å². The van der Waals surface area contributed by atoms with Gasteiger partial charge in [0.15, 0.2) is 0 Å². The van der Waals surface area contributed by atoms with E-state index in [0.29, 0.717) is 11.1 Å². The molecule has 0 saturated heterocycles. The molecule has 0 spiro atoms. The van der Waals surface area contributed by atoms with Crippen molar-refractivity contribution in [3.05, 3.63) is 89.5 Å². The van der Waals surface area contributed by atoms with Gasteiger partial charge in [-0.25, -0.2) is 0 Å². The Hall–Kier alpha value is -3.03. The van der Waals surface area contributed by atoms with E-state index in [4.69, 9.17) is 0 Å². The van der Waals surface area contributed by atoms with Gasteiger partial charge in [0.2, 0.25) is 0 Å². The van der Waals surface area contributed by atoms with Crippen molar-refractivity contribution in [2.45, 2.75) is 16.7 Å². The van der Waals surface area contributed by atoms with Crippen molar-refractivity contribution < 1.29 is 4.79 Å². The number of hydrogen-bond donors (Lipinski definition) is 1. The van der Waals surface area contributed by atoms with Gasteiger partial charge in [-0.1, -0.05) is 48.2 Å². The van der Waals surface area contributed by atoms with Crippen LogP contribution in [0, 0.1) is 18.3 Å². The fraction of sp³-hybridized carbons (Fsp3) is 0.0476. The van der Waals surface area contributed by atoms with E-state index in [1.807, 2.05) is 67.6 Å². The molecule has 0 fully saturated rings. The predicted octanol–water partition coefficient (Wildman–Crippen LogP) is 5.27. The summed E-state index contributed by atoms with van der Waals surface area (Å²) >= 11 is 1.42. The van der Waals surface area contributed by atoms with Gasteiger partial charge in [-0.3, -0.25) is 4.79 Å². The molecule has 0 unspecified atom stereocenters. The van der Waals surface area contributed by atoms with Crippen molar-refractivity contribution in [2.24, 2.45) is 0 Å². The summed E-state index contributed by atoms with van der Waals surface area (Å²) in [6.45, 7) is 1.98. The lowest BCUT2D eigenvalue weighted by Gasteiger charge is -2.11. The van der Waals surface area contributed by atoms with Gasteiger partial charge in [0, 0.05) is 15.5 Å². The first-order chi connectivity index (χ1) is 12.2. The van der Waals surface area contributed by atoms with Gasteiger partial charge in [0.1, 0.15) is 6.07 Å². The molecule has 1 N–H and O–H groups in total. The summed E-state index contributed by atoms with van der Waals surface area (Å²) in [6.07, 6.45) is 0. The van der Waals surface area contributed by atoms with Gasteiger partial charge in [0.25, 0.3) is 5.91 Å². The maximum atomic E-state index is 12.7. The monoisotopic (exact) mass is 344 g/mol. The maximum Gasteiger partial charge on any atom is 0.256 e. The summed E-state index contributed by atoms with van der Waals surface area (Å²) in [5.74, 6) is -0.164. The van der Waals surface area contributed by atoms with Crippen LogP contribution >= 0.6 is 11.8 Å². The number of carbonyl (C=O) groups is 1. The molecule has 0 saturated carbocycles. The van der Waals surface area contributed by atoms with Crippen LogP contribution < -0.4 is 5.32 Å². The topological polar surface area (TPSA) is 52.9 Å². The Labute approximate surface area is 151 Å². The third-order valence-corrected chi connectivity index (χ3v) is 4.79. The number of carbonyl (C=O) groups excluding carboxylic acids is 1. The second kappa shape index (κ2) is 7.69. The van der Waals surface area contributed by atoms with E-state index in [0.717, 1.165) is 21.0 Å². The highest BCUT2D eigenvalue weighted by molar-refractivity contribution is 7.99. The van der Waals surface area contributed by atoms with E-state index in [9.17, 15) is 10.1 Å². The summed E-state index contributed by atoms with van der Waals surface area (Å²) in [5, 5.41) is 12.2. The Morgan fingerprint density at radius 2 is 1.68 bits per heavy atom. The van der Waals surface area contributed by atoms with Crippen molar-refractivity contribution in [1.82, 2.24) is 0 Å². The summed E-state index contributed by atoms with van der Waals surface area (Å²) < 4.78 is 0. The van der Waals surface area contributed by atoms with Crippen LogP contribution in [0.1, 0.15) is 21.5 Å². The molecule has 0 heterocycles. The Balaban J connectivity index is 1.88. The number of amides is 1. The highest BCUT2D eigenvalue weighted by Crippen LogP contribution is 2.32. The highest BCUT2D eigenvalue weighted by Gasteiger charge is 2.13. The van der Waals surface area contributed by atoms with Crippen LogP contribution in [0.25, 0.3) is 0 Å². The lowest BCUT2D eigenvalue weighted by molar-refractivity contribution is 0.102. The van der Waals surface area contributed by atoms with E-state index >= 15 is 0 Å². The smallest absolute Gasteiger partial charge is 0.256 e. The lowest BCUT2D eigenvalue weighted by atomic mass is 10.2. The number of aryl methyl sites for hydroxylation is 1. The van der Waals surface area contributed by atoms with Crippen LogP contribution in [0.15, 0.2) is 82.6 Å². The zero-order valence-corrected chi connectivity index (χ0v) is 14.5. The number of hydrogen-bond acceptors (Lipinski definition) is 3. The molecule has 0 aliphatic carbocycles. The molecule has 3 nitrogen and oxygen atoms in total. The average Bonchev–Trinajstić information content (AvgIpc) is 2.62. The standard InChI is InChI=1S/C21H16N2OS/c1-15-7-6-9-17(13-15)23-21(24)18-10-3-5-12-20(18)25-19-11-4-2-8-16(19)14-22/h2-13H,1H3,(H,23,24). The molecule has 0 aromatic heterocycles. The zero-order valence-electron chi connectivity index (χ0n) is 13.7. The number of anilines is 1. The Morgan fingerprint density at radius 1 is 0.960 bits per heavy atom. The summed E-state index contributed by atoms with van der Waals surface area (Å²) in [5.41, 5.74) is 3.04. The number of nitrogens with zero attached hydrogens (tertiary/aromatic N) is 1. The first kappa shape index (κ1) is 16.8. The zero-order chi connectivity index (χ0) is 17.6. The molecular formula is C21H16N2OS. The number of benzene rings is 3. The van der Waals surface area contributed by atoms with E-state index in [-0.39, 0.29) is 5.91 Å². The van der Waals surface area contributed by atoms with E-state index in [1.54, 1.807) is 12.1 Å². The van der Waals surface area contributed by atoms with Gasteiger partial charge < -0.3 is 5.32 Å². The van der Waals surface area contributed by atoms with Crippen LogP contribution in [0.2, 0.25) is 0 Å². The molecule has 25 heavy (non-hydrogen) atoms. The largest absolute Gasteiger partial charge is 0.322 e. The summed E-state index contributed by atoms with van der Waals surface area (Å²) in [6, 6.07) is 24.7. The summed E-state index contributed by atoms with van der Waals surface area (Å²) in [7, 11) is 0. The molecule has 0 aliphatic heterocycles. The molecule has 3 aromatic carbocycles. The second-order valence-electron chi connectivity index (χ2n) is 5.53. The van der Waals surface area contributed by atoms with Crippen molar-refractivity contribution in [1.29, 1.82) is 5.26 Å². The number of nitrogens with one attached hydrogen (secondary N) is 1. The molecule has 0 bridgehead atoms. The third-order valence-electron chi connectivity index (χ3n) is 3.64. The molecule has 4 heteroatoms. The van der Waals surface area contributed by atoms with Crippen LogP contribution in [0.3, 0.4) is 0 Å². The minimum atomic E-state index is -0.164. The van der Waals surface area contributed by atoms with E-state index in [2.05, 4.69) is 11.4 Å². The first-order valence-corrected chi connectivity index (χ1v) is 8.63. The fourth-order valence-corrected chi connectivity index (χ4v) is 3.46. The number of nitriles is 1. The summed E-state index contributed by atoms with van der Waals surface area (Å²) in [4.78, 5) is 14.4. The van der Waals surface area contributed by atoms with Gasteiger partial charge in [-0.2, -0.15) is 5.26 Å². The van der Waals surface area contributed by atoms with Gasteiger partial charge in [0.05, 0.1) is 11.1 Å². The Morgan fingerprint density at radius 3 is 2.44 bits per heavy atom. The Bertz CT molecular complexity index is 960. The lowest BCUT2D eigenvalue weighted by Crippen LogP contribution is -2.13. The Kier molecular flexibility index (Phi) is 5.17. The van der Waals surface area contributed by atoms with Crippen LogP contribution in [-0.4, -0.2) is 5.91 Å². The fourth-order valence-electron chi connectivity index (χ4n) is 2.43. The van der Waals surface area contributed by atoms with Gasteiger partial charge in [-0.05, 0) is 48.9 Å². The third kappa shape index (κ3) is 4.09. The van der Waals surface area contributed by atoms with E-state index in [1.165, 1.54) is 11.8 Å². The quantitative estimate of drug-likeness (QED) is 0.701. The van der Waals surface area contributed by atoms with Crippen molar-refractivity contribution in [3.63, 3.8) is 0 Å². The highest BCUT2D eigenvalue weighted by atomic mass is 32.2.